The zero-order chi connectivity index (χ0) is 36.5. The lowest BCUT2D eigenvalue weighted by Gasteiger charge is -2.35. The fourth-order valence-electron chi connectivity index (χ4n) is 5.52. The van der Waals surface area contributed by atoms with Gasteiger partial charge in [-0.2, -0.15) is 0 Å². The van der Waals surface area contributed by atoms with Gasteiger partial charge in [0.2, 0.25) is 11.8 Å². The molecule has 0 spiro atoms. The van der Waals surface area contributed by atoms with Gasteiger partial charge in [0.15, 0.2) is 11.5 Å². The van der Waals surface area contributed by atoms with Crippen LogP contribution in [-0.4, -0.2) is 64.1 Å². The lowest BCUT2D eigenvalue weighted by atomic mass is 10.0. The van der Waals surface area contributed by atoms with Gasteiger partial charge in [0, 0.05) is 24.6 Å². The van der Waals surface area contributed by atoms with Gasteiger partial charge in [-0.25, -0.2) is 8.42 Å². The van der Waals surface area contributed by atoms with Crippen LogP contribution >= 0.6 is 0 Å². The van der Waals surface area contributed by atoms with Crippen LogP contribution in [0.1, 0.15) is 44.4 Å². The zero-order valence-corrected chi connectivity index (χ0v) is 30.6. The van der Waals surface area contributed by atoms with Crippen LogP contribution in [0.3, 0.4) is 0 Å². The molecule has 0 radical (unpaired) electrons. The minimum absolute atomic E-state index is 0.0725. The summed E-state index contributed by atoms with van der Waals surface area (Å²) in [5.74, 6) is 0.212. The number of carbonyl (C=O) groups excluding carboxylic acids is 2. The second-order valence-electron chi connectivity index (χ2n) is 12.9. The Kier molecular flexibility index (Phi) is 12.5. The van der Waals surface area contributed by atoms with Crippen LogP contribution in [0.4, 0.5) is 5.69 Å². The van der Waals surface area contributed by atoms with Crippen LogP contribution in [0.5, 0.6) is 17.2 Å². The van der Waals surface area contributed by atoms with Crippen molar-refractivity contribution in [3.8, 4) is 17.2 Å². The molecule has 10 nitrogen and oxygen atoms in total. The fourth-order valence-corrected chi connectivity index (χ4v) is 6.95. The normalized spacial score (nSPS) is 12.1. The summed E-state index contributed by atoms with van der Waals surface area (Å²) in [4.78, 5) is 30.2. The molecule has 0 aliphatic heterocycles. The predicted octanol–water partition coefficient (Wildman–Crippen LogP) is 6.16. The van der Waals surface area contributed by atoms with Crippen LogP contribution in [0.15, 0.2) is 102 Å². The number of nitrogens with zero attached hydrogens (tertiary/aromatic N) is 2. The maximum Gasteiger partial charge on any atom is 0.264 e. The average Bonchev–Trinajstić information content (AvgIpc) is 3.08. The Morgan fingerprint density at radius 3 is 2.08 bits per heavy atom. The Morgan fingerprint density at radius 1 is 0.820 bits per heavy atom. The fraction of sp³-hybridized carbons (Fsp3) is 0.333. The minimum atomic E-state index is -4.37. The summed E-state index contributed by atoms with van der Waals surface area (Å²) in [5, 5.41) is 3.05. The first-order chi connectivity index (χ1) is 23.7. The Hall–Kier alpha value is -5.03. The summed E-state index contributed by atoms with van der Waals surface area (Å²) in [5.41, 5.74) is 2.29. The summed E-state index contributed by atoms with van der Waals surface area (Å²) in [6.45, 7) is 9.34. The van der Waals surface area contributed by atoms with Crippen molar-refractivity contribution in [2.75, 3.05) is 31.7 Å². The first kappa shape index (κ1) is 37.8. The van der Waals surface area contributed by atoms with Crippen molar-refractivity contribution in [1.29, 1.82) is 0 Å². The minimum Gasteiger partial charge on any atom is -0.494 e. The first-order valence-electron chi connectivity index (χ1n) is 16.4. The largest absolute Gasteiger partial charge is 0.494 e. The molecule has 0 aliphatic rings. The molecule has 0 heterocycles. The third-order valence-electron chi connectivity index (χ3n) is 7.86. The van der Waals surface area contributed by atoms with Gasteiger partial charge in [-0.05, 0) is 82.1 Å². The molecule has 0 unspecified atom stereocenters. The standard InChI is InChI=1S/C39H47N3O7S/c1-8-49-32-19-17-31(18-20-32)42(50(45,46)33-21-22-35(47-6)36(25-33)48-7)27-37(43)41(26-30-16-12-13-28(2)23-30)34(38(44)40-39(3,4)5)24-29-14-10-9-11-15-29/h9-23,25,34H,8,24,26-27H2,1-7H3,(H,40,44)/t34-/m0/s1. The van der Waals surface area contributed by atoms with Gasteiger partial charge < -0.3 is 24.4 Å². The topological polar surface area (TPSA) is 114 Å². The lowest BCUT2D eigenvalue weighted by Crippen LogP contribution is -2.56. The molecule has 0 aromatic heterocycles. The van der Waals surface area contributed by atoms with E-state index in [0.717, 1.165) is 21.0 Å². The van der Waals surface area contributed by atoms with Crippen LogP contribution in [0.2, 0.25) is 0 Å². The van der Waals surface area contributed by atoms with E-state index in [1.807, 2.05) is 89.2 Å². The van der Waals surface area contributed by atoms with E-state index in [0.29, 0.717) is 18.1 Å². The third kappa shape index (κ3) is 9.78. The Bertz CT molecular complexity index is 1860. The molecule has 50 heavy (non-hydrogen) atoms. The maximum absolute atomic E-state index is 14.8. The highest BCUT2D eigenvalue weighted by Gasteiger charge is 2.36. The van der Waals surface area contributed by atoms with Crippen molar-refractivity contribution < 1.29 is 32.2 Å². The molecule has 266 valence electrons. The molecule has 0 fully saturated rings. The summed E-state index contributed by atoms with van der Waals surface area (Å²) >= 11 is 0. The summed E-state index contributed by atoms with van der Waals surface area (Å²) < 4.78 is 46.4. The summed E-state index contributed by atoms with van der Waals surface area (Å²) in [6.07, 6.45) is 0.214. The smallest absolute Gasteiger partial charge is 0.264 e. The molecular formula is C39H47N3O7S. The van der Waals surface area contributed by atoms with Crippen LogP contribution in [0, 0.1) is 6.92 Å². The Morgan fingerprint density at radius 2 is 1.48 bits per heavy atom. The van der Waals surface area contributed by atoms with E-state index in [1.165, 1.54) is 37.3 Å². The number of benzene rings is 4. The van der Waals surface area contributed by atoms with Gasteiger partial charge in [-0.1, -0.05) is 60.2 Å². The first-order valence-corrected chi connectivity index (χ1v) is 17.9. The van der Waals surface area contributed by atoms with E-state index >= 15 is 0 Å². The van der Waals surface area contributed by atoms with Gasteiger partial charge in [0.05, 0.1) is 31.4 Å². The van der Waals surface area contributed by atoms with Crippen LogP contribution < -0.4 is 23.8 Å². The van der Waals surface area contributed by atoms with Crippen molar-refractivity contribution >= 4 is 27.5 Å². The number of hydrogen-bond donors (Lipinski definition) is 1. The number of anilines is 1. The van der Waals surface area contributed by atoms with E-state index in [-0.39, 0.29) is 35.2 Å². The molecule has 0 aliphatic carbocycles. The van der Waals surface area contributed by atoms with E-state index in [9.17, 15) is 18.0 Å². The van der Waals surface area contributed by atoms with Crippen LogP contribution in [-0.2, 0) is 32.6 Å². The zero-order valence-electron chi connectivity index (χ0n) is 29.8. The van der Waals surface area contributed by atoms with Gasteiger partial charge in [0.1, 0.15) is 18.3 Å². The number of carbonyl (C=O) groups is 2. The van der Waals surface area contributed by atoms with Crippen molar-refractivity contribution in [2.24, 2.45) is 0 Å². The monoisotopic (exact) mass is 701 g/mol. The van der Waals surface area contributed by atoms with Gasteiger partial charge in [-0.15, -0.1) is 0 Å². The molecule has 0 saturated carbocycles. The van der Waals surface area contributed by atoms with E-state index in [4.69, 9.17) is 14.2 Å². The van der Waals surface area contributed by atoms with Crippen molar-refractivity contribution in [2.45, 2.75) is 64.1 Å². The Labute approximate surface area is 296 Å². The summed E-state index contributed by atoms with van der Waals surface area (Å²) in [6, 6.07) is 26.9. The highest BCUT2D eigenvalue weighted by molar-refractivity contribution is 7.92. The molecule has 4 aromatic rings. The average molecular weight is 702 g/mol. The number of aryl methyl sites for hydroxylation is 1. The summed E-state index contributed by atoms with van der Waals surface area (Å²) in [7, 11) is -1.49. The molecular weight excluding hydrogens is 655 g/mol. The molecule has 2 amide bonds. The third-order valence-corrected chi connectivity index (χ3v) is 9.63. The van der Waals surface area contributed by atoms with Crippen molar-refractivity contribution in [3.05, 3.63) is 114 Å². The quantitative estimate of drug-likeness (QED) is 0.158. The van der Waals surface area contributed by atoms with Gasteiger partial charge in [0.25, 0.3) is 10.0 Å². The highest BCUT2D eigenvalue weighted by atomic mass is 32.2. The number of ether oxygens (including phenoxy) is 3. The van der Waals surface area contributed by atoms with E-state index in [1.54, 1.807) is 24.3 Å². The van der Waals surface area contributed by atoms with Crippen molar-refractivity contribution in [3.63, 3.8) is 0 Å². The van der Waals surface area contributed by atoms with Crippen molar-refractivity contribution in [1.82, 2.24) is 10.2 Å². The number of methoxy groups -OCH3 is 2. The number of nitrogens with one attached hydrogen (secondary N) is 1. The van der Waals surface area contributed by atoms with E-state index in [2.05, 4.69) is 5.32 Å². The molecule has 4 aromatic carbocycles. The lowest BCUT2D eigenvalue weighted by molar-refractivity contribution is -0.140. The predicted molar refractivity (Wildman–Crippen MR) is 195 cm³/mol. The maximum atomic E-state index is 14.8. The molecule has 1 atom stereocenters. The van der Waals surface area contributed by atoms with Gasteiger partial charge in [-0.3, -0.25) is 13.9 Å². The highest BCUT2D eigenvalue weighted by Crippen LogP contribution is 2.33. The molecule has 0 bridgehead atoms. The van der Waals surface area contributed by atoms with Gasteiger partial charge >= 0.3 is 0 Å². The van der Waals surface area contributed by atoms with E-state index < -0.39 is 34.1 Å². The number of sulfonamides is 1. The molecule has 0 saturated heterocycles. The number of hydrogen-bond acceptors (Lipinski definition) is 7. The number of rotatable bonds is 15. The molecule has 11 heteroatoms. The second-order valence-corrected chi connectivity index (χ2v) is 14.8. The second kappa shape index (κ2) is 16.6. The molecule has 4 rings (SSSR count). The number of amides is 2. The SMILES string of the molecule is CCOc1ccc(N(CC(=O)N(Cc2cccc(C)c2)[C@@H](Cc2ccccc2)C(=O)NC(C)(C)C)S(=O)(=O)c2ccc(OC)c(OC)c2)cc1. The van der Waals surface area contributed by atoms with Crippen LogP contribution in [0.25, 0.3) is 0 Å². The molecule has 1 N–H and O–H groups in total. The Balaban J connectivity index is 1.85.